The van der Waals surface area contributed by atoms with Gasteiger partial charge >= 0.3 is 6.61 Å². The van der Waals surface area contributed by atoms with Gasteiger partial charge in [-0.2, -0.15) is 8.78 Å². The second-order valence-electron chi connectivity index (χ2n) is 8.36. The van der Waals surface area contributed by atoms with Gasteiger partial charge in [-0.3, -0.25) is 4.79 Å². The lowest BCUT2D eigenvalue weighted by Crippen LogP contribution is -2.12. The maximum Gasteiger partial charge on any atom is 0.387 e. The fraction of sp³-hybridized carbons (Fsp3) is 0.522. The van der Waals surface area contributed by atoms with Gasteiger partial charge in [-0.1, -0.05) is 27.7 Å². The number of alkyl halides is 2. The van der Waals surface area contributed by atoms with E-state index in [1.165, 1.54) is 18.4 Å². The van der Waals surface area contributed by atoms with Crippen LogP contribution in [-0.2, 0) is 21.4 Å². The average Bonchev–Trinajstić information content (AvgIpc) is 3.13. The highest BCUT2D eigenvalue weighted by Gasteiger charge is 2.21. The van der Waals surface area contributed by atoms with Crippen molar-refractivity contribution in [2.45, 2.75) is 76.7 Å². The van der Waals surface area contributed by atoms with Gasteiger partial charge in [-0.05, 0) is 74.5 Å². The largest absolute Gasteiger partial charge is 0.435 e. The van der Waals surface area contributed by atoms with Gasteiger partial charge in [0.1, 0.15) is 20.9 Å². The van der Waals surface area contributed by atoms with Crippen LogP contribution in [0.3, 0.4) is 0 Å². The summed E-state index contributed by atoms with van der Waals surface area (Å²) in [6.45, 7) is 10.1. The number of aryl methyl sites for hydroxylation is 1. The van der Waals surface area contributed by atoms with Crippen molar-refractivity contribution in [2.75, 3.05) is 12.4 Å². The predicted molar refractivity (Wildman–Crippen MR) is 136 cm³/mol. The number of aliphatic hydroxyl groups is 1. The van der Waals surface area contributed by atoms with E-state index in [9.17, 15) is 22.9 Å². The highest BCUT2D eigenvalue weighted by atomic mass is 32.2. The fourth-order valence-corrected chi connectivity index (χ4v) is 4.81. The van der Waals surface area contributed by atoms with Crippen molar-refractivity contribution in [1.29, 1.82) is 0 Å². The lowest BCUT2D eigenvalue weighted by atomic mass is 9.92. The normalized spacial score (nSPS) is 12.0. The third kappa shape index (κ3) is 9.75. The number of halogens is 2. The molecule has 0 saturated carbocycles. The van der Waals surface area contributed by atoms with Crippen molar-refractivity contribution >= 4 is 34.4 Å². The monoisotopic (exact) mass is 521 g/mol. The molecule has 1 aromatic heterocycles. The van der Waals surface area contributed by atoms with E-state index in [2.05, 4.69) is 15.8 Å². The molecule has 1 amide bonds. The number of carbonyl (C=O) groups excluding carboxylic acids is 1. The van der Waals surface area contributed by atoms with Crippen molar-refractivity contribution in [3.63, 3.8) is 0 Å². The Bertz CT molecular complexity index is 914. The molecule has 11 heteroatoms. The summed E-state index contributed by atoms with van der Waals surface area (Å²) in [7, 11) is 0.0529. The third-order valence-corrected chi connectivity index (χ3v) is 7.28. The molecular weight excluding hydrogens is 484 g/mol. The summed E-state index contributed by atoms with van der Waals surface area (Å²) in [4.78, 5) is 11.5. The minimum Gasteiger partial charge on any atom is -0.435 e. The number of nitrogens with two attached hydrogens (primary N) is 2. The maximum atomic E-state index is 12.3. The van der Waals surface area contributed by atoms with Gasteiger partial charge in [-0.15, -0.1) is 11.3 Å². The van der Waals surface area contributed by atoms with Crippen molar-refractivity contribution in [3.05, 3.63) is 39.8 Å². The van der Waals surface area contributed by atoms with Gasteiger partial charge in [0.15, 0.2) is 0 Å². The molecule has 34 heavy (non-hydrogen) atoms. The van der Waals surface area contributed by atoms with Crippen LogP contribution in [0.2, 0.25) is 0 Å². The number of hydrogen-bond donors (Lipinski definition) is 4. The third-order valence-electron chi connectivity index (χ3n) is 4.50. The molecule has 0 aliphatic carbocycles. The van der Waals surface area contributed by atoms with Crippen LogP contribution in [-0.4, -0.2) is 29.4 Å². The molecule has 0 saturated heterocycles. The van der Waals surface area contributed by atoms with Gasteiger partial charge in [0.2, 0.25) is 6.41 Å². The van der Waals surface area contributed by atoms with Crippen molar-refractivity contribution in [1.82, 2.24) is 0 Å². The lowest BCUT2D eigenvalue weighted by Gasteiger charge is -2.20. The summed E-state index contributed by atoms with van der Waals surface area (Å²) in [5.74, 6) is 0.293. The Morgan fingerprint density at radius 1 is 1.12 bits per heavy atom. The molecule has 2 rings (SSSR count). The Kier molecular flexibility index (Phi) is 13.7. The van der Waals surface area contributed by atoms with Gasteiger partial charge in [0.05, 0.1) is 5.60 Å². The number of nitrogens with one attached hydrogen (secondary N) is 1. The first-order valence-electron chi connectivity index (χ1n) is 10.6. The van der Waals surface area contributed by atoms with Gasteiger partial charge < -0.3 is 20.9 Å². The Balaban J connectivity index is 0.000000633. The molecule has 6 N–H and O–H groups in total. The molecule has 0 fully saturated rings. The number of ether oxygens (including phenoxy) is 1. The van der Waals surface area contributed by atoms with Gasteiger partial charge in [-0.25, -0.2) is 9.35 Å². The highest BCUT2D eigenvalue weighted by Crippen LogP contribution is 2.36. The number of rotatable bonds is 8. The van der Waals surface area contributed by atoms with Crippen LogP contribution >= 0.6 is 11.3 Å². The molecule has 194 valence electrons. The van der Waals surface area contributed by atoms with Crippen LogP contribution in [0.25, 0.3) is 0 Å². The minimum atomic E-state index is -2.86. The van der Waals surface area contributed by atoms with E-state index in [4.69, 9.17) is 5.14 Å². The molecule has 1 unspecified atom stereocenters. The van der Waals surface area contributed by atoms with E-state index in [0.29, 0.717) is 16.3 Å². The predicted octanol–water partition coefficient (Wildman–Crippen LogP) is 4.94. The smallest absolute Gasteiger partial charge is 0.387 e. The first-order chi connectivity index (χ1) is 15.7. The molecule has 1 aromatic carbocycles. The van der Waals surface area contributed by atoms with E-state index in [1.807, 2.05) is 40.7 Å². The van der Waals surface area contributed by atoms with E-state index in [-0.39, 0.29) is 17.6 Å². The molecule has 1 heterocycles. The van der Waals surface area contributed by atoms with E-state index >= 15 is 0 Å². The van der Waals surface area contributed by atoms with E-state index in [0.717, 1.165) is 21.6 Å². The molecule has 1 atom stereocenters. The first kappa shape index (κ1) is 32.1. The highest BCUT2D eigenvalue weighted by molar-refractivity contribution is 7.85. The average molecular weight is 522 g/mol. The van der Waals surface area contributed by atoms with Gasteiger partial charge in [0.25, 0.3) is 0 Å². The summed E-state index contributed by atoms with van der Waals surface area (Å²) >= 11 is 1.30. The van der Waals surface area contributed by atoms with Crippen LogP contribution in [0.5, 0.6) is 5.75 Å². The Labute approximate surface area is 207 Å². The fourth-order valence-electron chi connectivity index (χ4n) is 2.93. The van der Waals surface area contributed by atoms with E-state index < -0.39 is 23.2 Å². The second kappa shape index (κ2) is 14.5. The van der Waals surface area contributed by atoms with Gasteiger partial charge in [0, 0.05) is 10.6 Å². The minimum absolute atomic E-state index is 0.0844. The summed E-state index contributed by atoms with van der Waals surface area (Å²) < 4.78 is 40.8. The summed E-state index contributed by atoms with van der Waals surface area (Å²) in [5.41, 5.74) is 6.75. The molecule has 0 aliphatic rings. The number of amides is 1. The molecule has 2 aromatic rings. The molecular formula is C23H37F2N3O4S2. The zero-order valence-corrected chi connectivity index (χ0v) is 22.6. The lowest BCUT2D eigenvalue weighted by molar-refractivity contribution is -0.105. The topological polar surface area (TPSA) is 128 Å². The summed E-state index contributed by atoms with van der Waals surface area (Å²) in [6.07, 6.45) is 0.598. The molecule has 0 aliphatic heterocycles. The second-order valence-corrected chi connectivity index (χ2v) is 10.7. The Morgan fingerprint density at radius 2 is 1.59 bits per heavy atom. The zero-order chi connectivity index (χ0) is 26.8. The molecule has 0 spiro atoms. The quantitative estimate of drug-likeness (QED) is 0.366. The van der Waals surface area contributed by atoms with Crippen LogP contribution < -0.4 is 20.9 Å². The first-order valence-corrected chi connectivity index (χ1v) is 12.6. The Hall–Kier alpha value is -1.92. The molecule has 0 bridgehead atoms. The zero-order valence-electron chi connectivity index (χ0n) is 20.9. The van der Waals surface area contributed by atoms with Crippen molar-refractivity contribution in [2.24, 2.45) is 10.9 Å². The Morgan fingerprint density at radius 3 is 1.85 bits per heavy atom. The number of hydrogen-bond acceptors (Lipinski definition) is 6. The standard InChI is InChI=1S/C14H19F2NO2.C8H13NO2S2.CH5N/c1-8(2)11-5-10(19-14(15)16)6-12(9(3)4)13(11)17-7-18;1-5-4-6(8(2,3)10)12-7(5)13(9)11;1-2/h5-9,14H,1-4H3,(H,17,18);4,10H,9H2,1-3H3;2H2,1H3. The SMILES string of the molecule is CC(C)c1cc(OC(F)F)cc(C(C)C)c1NC=O.CN.Cc1cc(C(C)(C)O)sc1S(N)=O. The number of carbonyl (C=O) groups is 1. The molecule has 0 radical (unpaired) electrons. The van der Waals surface area contributed by atoms with Crippen LogP contribution in [0, 0.1) is 6.92 Å². The van der Waals surface area contributed by atoms with Crippen molar-refractivity contribution in [3.8, 4) is 5.75 Å². The summed E-state index contributed by atoms with van der Waals surface area (Å²) in [5, 5.41) is 17.6. The maximum absolute atomic E-state index is 12.3. The van der Waals surface area contributed by atoms with Crippen LogP contribution in [0.15, 0.2) is 22.4 Å². The number of thiophene rings is 1. The van der Waals surface area contributed by atoms with Crippen LogP contribution in [0.4, 0.5) is 14.5 Å². The molecule has 7 nitrogen and oxygen atoms in total. The summed E-state index contributed by atoms with van der Waals surface area (Å²) in [6, 6.07) is 4.92. The van der Waals surface area contributed by atoms with E-state index in [1.54, 1.807) is 26.0 Å². The van der Waals surface area contributed by atoms with Crippen molar-refractivity contribution < 1.29 is 27.6 Å². The number of benzene rings is 1. The number of anilines is 1. The van der Waals surface area contributed by atoms with Crippen LogP contribution in [0.1, 0.15) is 74.9 Å².